The van der Waals surface area contributed by atoms with Gasteiger partial charge in [-0.3, -0.25) is 9.69 Å². The Hall–Kier alpha value is -1.99. The van der Waals surface area contributed by atoms with Crippen LogP contribution in [-0.4, -0.2) is 75.7 Å². The monoisotopic (exact) mass is 343 g/mol. The third-order valence-corrected chi connectivity index (χ3v) is 5.52. The van der Waals surface area contributed by atoms with Crippen molar-refractivity contribution in [3.8, 4) is 0 Å². The summed E-state index contributed by atoms with van der Waals surface area (Å²) in [5, 5.41) is 4.43. The van der Waals surface area contributed by atoms with Crippen molar-refractivity contribution >= 4 is 11.6 Å². The molecule has 0 unspecified atom stereocenters. The fourth-order valence-electron chi connectivity index (χ4n) is 4.15. The van der Waals surface area contributed by atoms with Crippen LogP contribution in [0.1, 0.15) is 29.4 Å². The number of aryl methyl sites for hydroxylation is 1. The molecule has 7 nitrogen and oxygen atoms in total. The molecular weight excluding hydrogens is 318 g/mol. The van der Waals surface area contributed by atoms with E-state index in [0.29, 0.717) is 23.2 Å². The zero-order valence-electron chi connectivity index (χ0n) is 14.9. The van der Waals surface area contributed by atoms with E-state index in [1.165, 1.54) is 0 Å². The average Bonchev–Trinajstić information content (AvgIpc) is 3.22. The number of ether oxygens (including phenoxy) is 1. The molecule has 4 rings (SSSR count). The van der Waals surface area contributed by atoms with Crippen LogP contribution in [0, 0.1) is 12.8 Å². The SMILES string of the molecule is CC[C@H]1CN(C(=O)c2c(C)nn3cccnc23)C[C@@H]1N1CCOCC1. The quantitative estimate of drug-likeness (QED) is 0.839. The molecule has 0 aromatic carbocycles. The highest BCUT2D eigenvalue weighted by Gasteiger charge is 2.39. The van der Waals surface area contributed by atoms with Gasteiger partial charge in [0.1, 0.15) is 5.56 Å². The second-order valence-corrected chi connectivity index (χ2v) is 6.94. The molecule has 0 aliphatic carbocycles. The third-order valence-electron chi connectivity index (χ3n) is 5.52. The molecule has 0 radical (unpaired) electrons. The number of aromatic nitrogens is 3. The Balaban J connectivity index is 1.59. The zero-order chi connectivity index (χ0) is 17.4. The van der Waals surface area contributed by atoms with Crippen molar-refractivity contribution in [1.29, 1.82) is 0 Å². The van der Waals surface area contributed by atoms with Crippen molar-refractivity contribution in [3.63, 3.8) is 0 Å². The maximum atomic E-state index is 13.2. The minimum absolute atomic E-state index is 0.0559. The van der Waals surface area contributed by atoms with Gasteiger partial charge < -0.3 is 9.64 Å². The highest BCUT2D eigenvalue weighted by molar-refractivity contribution is 6.01. The summed E-state index contributed by atoms with van der Waals surface area (Å²) in [5.41, 5.74) is 2.03. The normalized spacial score (nSPS) is 25.0. The fraction of sp³-hybridized carbons (Fsp3) is 0.611. The molecule has 25 heavy (non-hydrogen) atoms. The van der Waals surface area contributed by atoms with Gasteiger partial charge in [0.2, 0.25) is 0 Å². The minimum atomic E-state index is 0.0559. The van der Waals surface area contributed by atoms with Crippen LogP contribution in [0.2, 0.25) is 0 Å². The molecule has 2 saturated heterocycles. The van der Waals surface area contributed by atoms with E-state index in [1.807, 2.05) is 24.1 Å². The van der Waals surface area contributed by atoms with Crippen molar-refractivity contribution in [3.05, 3.63) is 29.7 Å². The molecule has 2 atom stereocenters. The first kappa shape index (κ1) is 16.5. The van der Waals surface area contributed by atoms with Crippen molar-refractivity contribution in [2.45, 2.75) is 26.3 Å². The topological polar surface area (TPSA) is 63.0 Å². The van der Waals surface area contributed by atoms with Crippen LogP contribution in [0.5, 0.6) is 0 Å². The average molecular weight is 343 g/mol. The predicted molar refractivity (Wildman–Crippen MR) is 93.6 cm³/mol. The van der Waals surface area contributed by atoms with Gasteiger partial charge in [-0.1, -0.05) is 13.3 Å². The fourth-order valence-corrected chi connectivity index (χ4v) is 4.15. The minimum Gasteiger partial charge on any atom is -0.379 e. The smallest absolute Gasteiger partial charge is 0.259 e. The second kappa shape index (κ2) is 6.72. The summed E-state index contributed by atoms with van der Waals surface area (Å²) in [6.07, 6.45) is 4.63. The van der Waals surface area contributed by atoms with Crippen molar-refractivity contribution < 1.29 is 9.53 Å². The van der Waals surface area contributed by atoms with Crippen LogP contribution in [-0.2, 0) is 4.74 Å². The first-order valence-electron chi connectivity index (χ1n) is 9.10. The summed E-state index contributed by atoms with van der Waals surface area (Å²) in [4.78, 5) is 22.1. The molecule has 2 fully saturated rings. The second-order valence-electron chi connectivity index (χ2n) is 6.94. The lowest BCUT2D eigenvalue weighted by atomic mass is 9.99. The van der Waals surface area contributed by atoms with E-state index in [9.17, 15) is 4.79 Å². The van der Waals surface area contributed by atoms with E-state index in [0.717, 1.165) is 51.5 Å². The Kier molecular flexibility index (Phi) is 4.43. The number of hydrogen-bond donors (Lipinski definition) is 0. The Bertz CT molecular complexity index is 768. The molecule has 4 heterocycles. The maximum absolute atomic E-state index is 13.2. The largest absolute Gasteiger partial charge is 0.379 e. The number of carbonyl (C=O) groups is 1. The summed E-state index contributed by atoms with van der Waals surface area (Å²) in [6.45, 7) is 9.18. The summed E-state index contributed by atoms with van der Waals surface area (Å²) in [7, 11) is 0. The van der Waals surface area contributed by atoms with Crippen LogP contribution in [0.15, 0.2) is 18.5 Å². The summed E-state index contributed by atoms with van der Waals surface area (Å²) in [5.74, 6) is 0.567. The van der Waals surface area contributed by atoms with Gasteiger partial charge in [0.15, 0.2) is 5.65 Å². The van der Waals surface area contributed by atoms with E-state index in [1.54, 1.807) is 10.7 Å². The van der Waals surface area contributed by atoms with Gasteiger partial charge in [0.05, 0.1) is 18.9 Å². The third kappa shape index (κ3) is 2.91. The highest BCUT2D eigenvalue weighted by Crippen LogP contribution is 2.28. The molecule has 2 aliphatic rings. The number of carbonyl (C=O) groups excluding carboxylic acids is 1. The van der Waals surface area contributed by atoms with Crippen LogP contribution in [0.4, 0.5) is 0 Å². The van der Waals surface area contributed by atoms with Crippen LogP contribution < -0.4 is 0 Å². The lowest BCUT2D eigenvalue weighted by Crippen LogP contribution is -2.47. The summed E-state index contributed by atoms with van der Waals surface area (Å²) in [6, 6.07) is 2.25. The Morgan fingerprint density at radius 3 is 2.88 bits per heavy atom. The van der Waals surface area contributed by atoms with Gasteiger partial charge in [0.25, 0.3) is 5.91 Å². The molecular formula is C18H25N5O2. The van der Waals surface area contributed by atoms with Gasteiger partial charge in [0, 0.05) is 44.6 Å². The van der Waals surface area contributed by atoms with E-state index in [2.05, 4.69) is 21.9 Å². The molecule has 0 N–H and O–H groups in total. The Labute approximate surface area is 147 Å². The van der Waals surface area contributed by atoms with Gasteiger partial charge in [-0.25, -0.2) is 9.50 Å². The molecule has 2 aromatic rings. The number of fused-ring (bicyclic) bond motifs is 1. The van der Waals surface area contributed by atoms with Crippen molar-refractivity contribution in [2.75, 3.05) is 39.4 Å². The van der Waals surface area contributed by atoms with E-state index < -0.39 is 0 Å². The molecule has 0 bridgehead atoms. The predicted octanol–water partition coefficient (Wildman–Crippen LogP) is 1.22. The first-order valence-corrected chi connectivity index (χ1v) is 9.10. The Morgan fingerprint density at radius 1 is 1.32 bits per heavy atom. The lowest BCUT2D eigenvalue weighted by Gasteiger charge is -2.34. The number of nitrogens with zero attached hydrogens (tertiary/aromatic N) is 5. The Morgan fingerprint density at radius 2 is 2.12 bits per heavy atom. The molecule has 134 valence electrons. The van der Waals surface area contributed by atoms with Crippen molar-refractivity contribution in [1.82, 2.24) is 24.4 Å². The number of likely N-dealkylation sites (tertiary alicyclic amines) is 1. The molecule has 1 amide bonds. The summed E-state index contributed by atoms with van der Waals surface area (Å²) < 4.78 is 7.17. The molecule has 2 aliphatic heterocycles. The lowest BCUT2D eigenvalue weighted by molar-refractivity contribution is 0.0103. The van der Waals surface area contributed by atoms with E-state index in [-0.39, 0.29) is 5.91 Å². The van der Waals surface area contributed by atoms with Gasteiger partial charge in [-0.2, -0.15) is 5.10 Å². The van der Waals surface area contributed by atoms with Gasteiger partial charge in [-0.15, -0.1) is 0 Å². The van der Waals surface area contributed by atoms with Crippen molar-refractivity contribution in [2.24, 2.45) is 5.92 Å². The van der Waals surface area contributed by atoms with Crippen LogP contribution in [0.25, 0.3) is 5.65 Å². The van der Waals surface area contributed by atoms with Gasteiger partial charge in [-0.05, 0) is 18.9 Å². The molecule has 0 spiro atoms. The number of morpholine rings is 1. The van der Waals surface area contributed by atoms with Crippen LogP contribution >= 0.6 is 0 Å². The maximum Gasteiger partial charge on any atom is 0.259 e. The molecule has 7 heteroatoms. The summed E-state index contributed by atoms with van der Waals surface area (Å²) >= 11 is 0. The number of rotatable bonds is 3. The number of hydrogen-bond acceptors (Lipinski definition) is 5. The molecule has 0 saturated carbocycles. The molecule has 2 aromatic heterocycles. The number of amides is 1. The highest BCUT2D eigenvalue weighted by atomic mass is 16.5. The van der Waals surface area contributed by atoms with Gasteiger partial charge >= 0.3 is 0 Å². The van der Waals surface area contributed by atoms with E-state index in [4.69, 9.17) is 4.74 Å². The standard InChI is InChI=1S/C18H25N5O2/c1-3-14-11-22(12-15(14)21-7-9-25-10-8-21)18(24)16-13(2)20-23-6-4-5-19-17(16)23/h4-6,14-15H,3,7-12H2,1-2H3/t14-,15-/m0/s1. The zero-order valence-corrected chi connectivity index (χ0v) is 14.9. The van der Waals surface area contributed by atoms with Crippen LogP contribution in [0.3, 0.4) is 0 Å². The van der Waals surface area contributed by atoms with E-state index >= 15 is 0 Å². The first-order chi connectivity index (χ1) is 12.2.